The lowest BCUT2D eigenvalue weighted by molar-refractivity contribution is 0.438. The highest BCUT2D eigenvalue weighted by molar-refractivity contribution is 6.09. The largest absolute Gasteiger partial charge is 0.456 e. The predicted molar refractivity (Wildman–Crippen MR) is 268 cm³/mol. The van der Waals surface area contributed by atoms with E-state index in [9.17, 15) is 0 Å². The fraction of sp³-hybridized carbons (Fsp3) is 0.0328. The SMILES string of the molecule is C=C/C=C\c1ccc2c(c1C)Oc1c(ccc3ccccc13)C21c2ccccc2-c2cccc(-c3ccc(-c4nc(-c5ccccc5)nc(-c5cccc6c5oc5ccccc56)n4)cc3)c21. The fourth-order valence-electron chi connectivity index (χ4n) is 10.6. The number of furan rings is 1. The van der Waals surface area contributed by atoms with Gasteiger partial charge in [0.2, 0.25) is 0 Å². The van der Waals surface area contributed by atoms with E-state index in [1.165, 1.54) is 22.3 Å². The summed E-state index contributed by atoms with van der Waals surface area (Å²) in [6.45, 7) is 6.12. The summed E-state index contributed by atoms with van der Waals surface area (Å²) in [6.07, 6.45) is 5.91. The fourth-order valence-corrected chi connectivity index (χ4v) is 10.6. The lowest BCUT2D eigenvalue weighted by Crippen LogP contribution is -2.33. The maximum atomic E-state index is 7.21. The zero-order valence-corrected chi connectivity index (χ0v) is 36.0. The summed E-state index contributed by atoms with van der Waals surface area (Å²) in [5.74, 6) is 3.50. The molecule has 0 saturated carbocycles. The van der Waals surface area contributed by atoms with Crippen LogP contribution in [0.1, 0.15) is 33.4 Å². The Labute approximate surface area is 381 Å². The summed E-state index contributed by atoms with van der Waals surface area (Å²) in [5.41, 5.74) is 15.1. The van der Waals surface area contributed by atoms with Crippen LogP contribution in [0, 0.1) is 6.92 Å². The standard InChI is InChI=1S/C61H39N3O2/c1-3-4-16-38-33-35-51-55(37(38)2)66-57-44-20-9-8-17-39(44)34-36-52(57)61(51)50-27-12-10-21-45(50)47-24-14-23-43(54(47)61)40-29-31-42(32-30-40)59-62-58(41-18-6-5-7-19-41)63-60(64-59)49-26-15-25-48-46-22-11-13-28-53(46)65-56(48)49/h3-36H,1H2,2H3/b16-4-. The van der Waals surface area contributed by atoms with E-state index in [-0.39, 0.29) is 0 Å². The first-order chi connectivity index (χ1) is 32.6. The normalized spacial score (nSPS) is 14.6. The number of hydrogen-bond donors (Lipinski definition) is 0. The Hall–Kier alpha value is -8.67. The molecule has 9 aromatic carbocycles. The van der Waals surface area contributed by atoms with Gasteiger partial charge in [0.1, 0.15) is 22.7 Å². The van der Waals surface area contributed by atoms with Gasteiger partial charge in [0, 0.05) is 38.4 Å². The molecule has 0 saturated heterocycles. The first kappa shape index (κ1) is 37.8. The van der Waals surface area contributed by atoms with E-state index < -0.39 is 5.41 Å². The number of aromatic nitrogens is 3. The first-order valence-electron chi connectivity index (χ1n) is 22.3. The molecule has 0 amide bonds. The van der Waals surface area contributed by atoms with Crippen LogP contribution in [0.4, 0.5) is 0 Å². The summed E-state index contributed by atoms with van der Waals surface area (Å²) >= 11 is 0. The Balaban J connectivity index is 1.02. The summed E-state index contributed by atoms with van der Waals surface area (Å²) in [7, 11) is 0. The van der Waals surface area contributed by atoms with Gasteiger partial charge in [-0.3, -0.25) is 0 Å². The van der Waals surface area contributed by atoms with Gasteiger partial charge < -0.3 is 9.15 Å². The molecule has 0 radical (unpaired) electrons. The minimum absolute atomic E-state index is 0.552. The second-order valence-corrected chi connectivity index (χ2v) is 17.1. The van der Waals surface area contributed by atoms with Crippen LogP contribution in [-0.4, -0.2) is 15.0 Å². The number of fused-ring (bicyclic) bond motifs is 14. The topological polar surface area (TPSA) is 61.0 Å². The summed E-state index contributed by atoms with van der Waals surface area (Å²) in [4.78, 5) is 15.4. The van der Waals surface area contributed by atoms with E-state index in [2.05, 4.69) is 147 Å². The molecule has 3 heterocycles. The van der Waals surface area contributed by atoms with Crippen molar-refractivity contribution in [1.82, 2.24) is 15.0 Å². The van der Waals surface area contributed by atoms with E-state index in [4.69, 9.17) is 24.1 Å². The zero-order valence-electron chi connectivity index (χ0n) is 36.0. The highest BCUT2D eigenvalue weighted by Gasteiger charge is 2.53. The third-order valence-electron chi connectivity index (χ3n) is 13.6. The smallest absolute Gasteiger partial charge is 0.167 e. The van der Waals surface area contributed by atoms with Crippen molar-refractivity contribution in [2.75, 3.05) is 0 Å². The number of nitrogens with zero attached hydrogens (tertiary/aromatic N) is 3. The maximum absolute atomic E-state index is 7.21. The van der Waals surface area contributed by atoms with Crippen molar-refractivity contribution < 1.29 is 9.15 Å². The Morgan fingerprint density at radius 3 is 1.94 bits per heavy atom. The van der Waals surface area contributed by atoms with Crippen LogP contribution in [-0.2, 0) is 5.41 Å². The number of benzene rings is 9. The first-order valence-corrected chi connectivity index (χ1v) is 22.3. The third-order valence-corrected chi connectivity index (χ3v) is 13.6. The molecule has 11 aromatic rings. The lowest BCUT2D eigenvalue weighted by atomic mass is 9.64. The molecule has 2 aliphatic rings. The van der Waals surface area contributed by atoms with Crippen LogP contribution in [0.15, 0.2) is 211 Å². The van der Waals surface area contributed by atoms with Crippen LogP contribution < -0.4 is 4.74 Å². The van der Waals surface area contributed by atoms with Crippen molar-refractivity contribution in [2.24, 2.45) is 0 Å². The van der Waals surface area contributed by atoms with Crippen molar-refractivity contribution in [3.8, 4) is 67.9 Å². The van der Waals surface area contributed by atoms with Crippen LogP contribution in [0.2, 0.25) is 0 Å². The van der Waals surface area contributed by atoms with Crippen molar-refractivity contribution >= 4 is 38.8 Å². The molecule has 1 spiro atoms. The minimum atomic E-state index is -0.690. The van der Waals surface area contributed by atoms with E-state index in [1.807, 2.05) is 72.8 Å². The van der Waals surface area contributed by atoms with Crippen molar-refractivity contribution in [2.45, 2.75) is 12.3 Å². The molecule has 2 aromatic heterocycles. The number of ether oxygens (including phenoxy) is 1. The molecule has 0 N–H and O–H groups in total. The molecule has 1 atom stereocenters. The maximum Gasteiger partial charge on any atom is 0.167 e. The Kier molecular flexibility index (Phi) is 8.43. The average molecular weight is 846 g/mol. The van der Waals surface area contributed by atoms with Crippen LogP contribution in [0.25, 0.3) is 95.2 Å². The van der Waals surface area contributed by atoms with Gasteiger partial charge in [-0.15, -0.1) is 0 Å². The monoisotopic (exact) mass is 845 g/mol. The molecule has 66 heavy (non-hydrogen) atoms. The van der Waals surface area contributed by atoms with Crippen LogP contribution in [0.3, 0.4) is 0 Å². The number of allylic oxidation sites excluding steroid dienone is 2. The lowest BCUT2D eigenvalue weighted by Gasteiger charge is -2.41. The summed E-state index contributed by atoms with van der Waals surface area (Å²) < 4.78 is 13.7. The van der Waals surface area contributed by atoms with Gasteiger partial charge in [-0.1, -0.05) is 201 Å². The Morgan fingerprint density at radius 2 is 1.09 bits per heavy atom. The van der Waals surface area contributed by atoms with Gasteiger partial charge in [0.25, 0.3) is 0 Å². The summed E-state index contributed by atoms with van der Waals surface area (Å²) in [5, 5.41) is 4.30. The van der Waals surface area contributed by atoms with E-state index in [0.29, 0.717) is 17.5 Å². The van der Waals surface area contributed by atoms with Gasteiger partial charge in [0.15, 0.2) is 17.5 Å². The molecule has 0 fully saturated rings. The molecular formula is C61H39N3O2. The highest BCUT2D eigenvalue weighted by Crippen LogP contribution is 2.65. The molecule has 5 nitrogen and oxygen atoms in total. The summed E-state index contributed by atoms with van der Waals surface area (Å²) in [6, 6.07) is 66.3. The van der Waals surface area contributed by atoms with Crippen LogP contribution in [0.5, 0.6) is 11.5 Å². The van der Waals surface area contributed by atoms with E-state index in [0.717, 1.165) is 94.3 Å². The van der Waals surface area contributed by atoms with Crippen LogP contribution >= 0.6 is 0 Å². The van der Waals surface area contributed by atoms with Gasteiger partial charge >= 0.3 is 0 Å². The molecule has 1 aliphatic carbocycles. The Morgan fingerprint density at radius 1 is 0.470 bits per heavy atom. The predicted octanol–water partition coefficient (Wildman–Crippen LogP) is 15.6. The molecule has 0 bridgehead atoms. The zero-order chi connectivity index (χ0) is 43.9. The number of hydrogen-bond acceptors (Lipinski definition) is 5. The second-order valence-electron chi connectivity index (χ2n) is 17.1. The number of para-hydroxylation sites is 2. The minimum Gasteiger partial charge on any atom is -0.456 e. The molecule has 5 heteroatoms. The Bertz CT molecular complexity index is 3830. The molecule has 1 aliphatic heterocycles. The molecule has 1 unspecified atom stereocenters. The molecule has 310 valence electrons. The number of rotatable bonds is 6. The molecule has 13 rings (SSSR count). The quantitative estimate of drug-likeness (QED) is 0.156. The van der Waals surface area contributed by atoms with Gasteiger partial charge in [0.05, 0.1) is 11.0 Å². The third kappa shape index (κ3) is 5.50. The highest BCUT2D eigenvalue weighted by atomic mass is 16.5. The van der Waals surface area contributed by atoms with Crippen molar-refractivity contribution in [3.63, 3.8) is 0 Å². The van der Waals surface area contributed by atoms with Crippen molar-refractivity contribution in [3.05, 3.63) is 240 Å². The van der Waals surface area contributed by atoms with Gasteiger partial charge in [-0.05, 0) is 69.0 Å². The van der Waals surface area contributed by atoms with E-state index in [1.54, 1.807) is 0 Å². The second kappa shape index (κ2) is 14.7. The van der Waals surface area contributed by atoms with Gasteiger partial charge in [-0.25, -0.2) is 15.0 Å². The van der Waals surface area contributed by atoms with E-state index >= 15 is 0 Å². The van der Waals surface area contributed by atoms with Gasteiger partial charge in [-0.2, -0.15) is 0 Å². The average Bonchev–Trinajstić information content (AvgIpc) is 3.91. The molecular weight excluding hydrogens is 807 g/mol. The van der Waals surface area contributed by atoms with Crippen molar-refractivity contribution in [1.29, 1.82) is 0 Å².